The van der Waals surface area contributed by atoms with Gasteiger partial charge in [-0.1, -0.05) is 51.8 Å². The van der Waals surface area contributed by atoms with E-state index in [9.17, 15) is 4.79 Å². The van der Waals surface area contributed by atoms with Crippen molar-refractivity contribution in [3.63, 3.8) is 0 Å². The lowest BCUT2D eigenvalue weighted by atomic mass is 10.2. The fourth-order valence-corrected chi connectivity index (χ4v) is 2.98. The van der Waals surface area contributed by atoms with E-state index < -0.39 is 0 Å². The van der Waals surface area contributed by atoms with Gasteiger partial charge in [0.1, 0.15) is 5.75 Å². The number of aryl methyl sites for hydroxylation is 1. The molecule has 3 rings (SSSR count). The number of ether oxygens (including phenoxy) is 1. The third-order valence-electron chi connectivity index (χ3n) is 4.00. The van der Waals surface area contributed by atoms with E-state index in [-0.39, 0.29) is 12.5 Å². The molecule has 28 heavy (non-hydrogen) atoms. The van der Waals surface area contributed by atoms with Crippen molar-refractivity contribution in [2.75, 3.05) is 17.3 Å². The molecule has 0 fully saturated rings. The molecule has 144 valence electrons. The first-order valence-corrected chi connectivity index (χ1v) is 9.71. The number of para-hydroxylation sites is 1. The van der Waals surface area contributed by atoms with Crippen LogP contribution >= 0.6 is 15.9 Å². The van der Waals surface area contributed by atoms with Crippen LogP contribution in [0.3, 0.4) is 0 Å². The van der Waals surface area contributed by atoms with Crippen LogP contribution in [0.5, 0.6) is 5.75 Å². The van der Waals surface area contributed by atoms with Gasteiger partial charge < -0.3 is 15.5 Å². The van der Waals surface area contributed by atoms with Gasteiger partial charge in [-0.3, -0.25) is 4.79 Å². The van der Waals surface area contributed by atoms with Crippen LogP contribution in [0.25, 0.3) is 0 Å². The largest absolute Gasteiger partial charge is 0.483 e. The Hall–Kier alpha value is -2.83. The van der Waals surface area contributed by atoms with Crippen molar-refractivity contribution in [3.05, 3.63) is 88.4 Å². The fraction of sp³-hybridized carbons (Fsp3) is 0.136. The van der Waals surface area contributed by atoms with Crippen LogP contribution in [0.4, 0.5) is 11.4 Å². The second-order valence-corrected chi connectivity index (χ2v) is 7.22. The molecule has 0 bridgehead atoms. The molecule has 0 unspecified atom stereocenters. The Labute approximate surface area is 173 Å². The van der Waals surface area contributed by atoms with Gasteiger partial charge >= 0.3 is 0 Å². The lowest BCUT2D eigenvalue weighted by Gasteiger charge is -2.14. The Morgan fingerprint density at radius 3 is 2.46 bits per heavy atom. The molecule has 0 saturated heterocycles. The zero-order chi connectivity index (χ0) is 19.8. The van der Waals surface area contributed by atoms with E-state index >= 15 is 0 Å². The molecule has 0 aliphatic rings. The van der Waals surface area contributed by atoms with Crippen molar-refractivity contribution < 1.29 is 9.53 Å². The Bertz CT molecular complexity index is 915. The highest BCUT2D eigenvalue weighted by Crippen LogP contribution is 2.23. The molecular weight excluding hydrogens is 418 g/mol. The summed E-state index contributed by atoms with van der Waals surface area (Å²) in [5.74, 6) is 0.456. The first-order valence-electron chi connectivity index (χ1n) is 8.92. The molecule has 0 atom stereocenters. The number of hydrazine groups is 1. The summed E-state index contributed by atoms with van der Waals surface area (Å²) in [6.45, 7) is 2.47. The van der Waals surface area contributed by atoms with Gasteiger partial charge in [-0.05, 0) is 49.4 Å². The van der Waals surface area contributed by atoms with Gasteiger partial charge in [0, 0.05) is 28.0 Å². The summed E-state index contributed by atoms with van der Waals surface area (Å²) >= 11 is 3.48. The Morgan fingerprint density at radius 2 is 1.71 bits per heavy atom. The molecule has 1 amide bonds. The highest BCUT2D eigenvalue weighted by molar-refractivity contribution is 9.10. The number of nitrogens with one attached hydrogen (secondary N) is 3. The highest BCUT2D eigenvalue weighted by Gasteiger charge is 2.08. The Morgan fingerprint density at radius 1 is 0.964 bits per heavy atom. The first-order chi connectivity index (χ1) is 13.6. The maximum atomic E-state index is 12.2. The van der Waals surface area contributed by atoms with E-state index in [0.29, 0.717) is 12.3 Å². The summed E-state index contributed by atoms with van der Waals surface area (Å²) in [5.41, 5.74) is 10.1. The average molecular weight is 440 g/mol. The zero-order valence-corrected chi connectivity index (χ0v) is 17.1. The van der Waals surface area contributed by atoms with Crippen molar-refractivity contribution in [3.8, 4) is 5.75 Å². The first kappa shape index (κ1) is 19.9. The monoisotopic (exact) mass is 439 g/mol. The van der Waals surface area contributed by atoms with E-state index in [4.69, 9.17) is 4.74 Å². The van der Waals surface area contributed by atoms with E-state index in [0.717, 1.165) is 27.0 Å². The number of hydrogen-bond donors (Lipinski definition) is 3. The maximum Gasteiger partial charge on any atom is 0.262 e. The Balaban J connectivity index is 1.55. The van der Waals surface area contributed by atoms with Crippen molar-refractivity contribution in [1.82, 2.24) is 5.43 Å². The molecule has 0 aliphatic heterocycles. The molecule has 0 aromatic heterocycles. The quantitative estimate of drug-likeness (QED) is 0.437. The molecule has 3 aromatic carbocycles. The van der Waals surface area contributed by atoms with E-state index in [2.05, 4.69) is 32.1 Å². The summed E-state index contributed by atoms with van der Waals surface area (Å²) in [5, 5.41) is 2.83. The third kappa shape index (κ3) is 6.11. The molecule has 0 heterocycles. The summed E-state index contributed by atoms with van der Waals surface area (Å²) in [6.07, 6.45) is 0. The van der Waals surface area contributed by atoms with Crippen LogP contribution < -0.4 is 20.9 Å². The lowest BCUT2D eigenvalue weighted by molar-refractivity contribution is -0.118. The Kier molecular flexibility index (Phi) is 7.06. The SMILES string of the molecule is Cc1ccc(NC(=O)COc2ccc(Br)cc2CNNc2ccccc2)cc1. The number of anilines is 2. The second kappa shape index (κ2) is 9.92. The van der Waals surface area contributed by atoms with Crippen LogP contribution in [0.15, 0.2) is 77.3 Å². The zero-order valence-electron chi connectivity index (χ0n) is 15.5. The van der Waals surface area contributed by atoms with Crippen LogP contribution in [0, 0.1) is 6.92 Å². The standard InChI is InChI=1S/C22H22BrN3O2/c1-16-7-10-19(11-8-16)25-22(27)15-28-21-12-9-18(23)13-17(21)14-24-26-20-5-3-2-4-6-20/h2-13,24,26H,14-15H2,1H3,(H,25,27). The molecule has 3 aromatic rings. The molecule has 0 aliphatic carbocycles. The number of carbonyl (C=O) groups is 1. The summed E-state index contributed by atoms with van der Waals surface area (Å²) in [7, 11) is 0. The van der Waals surface area contributed by atoms with Gasteiger partial charge in [-0.25, -0.2) is 5.43 Å². The second-order valence-electron chi connectivity index (χ2n) is 6.30. The molecule has 3 N–H and O–H groups in total. The lowest BCUT2D eigenvalue weighted by Crippen LogP contribution is -2.23. The van der Waals surface area contributed by atoms with Crippen LogP contribution in [-0.2, 0) is 11.3 Å². The predicted molar refractivity (Wildman–Crippen MR) is 116 cm³/mol. The molecule has 0 saturated carbocycles. The molecule has 5 nitrogen and oxygen atoms in total. The third-order valence-corrected chi connectivity index (χ3v) is 4.50. The number of carbonyl (C=O) groups excluding carboxylic acids is 1. The van der Waals surface area contributed by atoms with Crippen molar-refractivity contribution in [2.45, 2.75) is 13.5 Å². The summed E-state index contributed by atoms with van der Waals surface area (Å²) in [6, 6.07) is 23.2. The van der Waals surface area contributed by atoms with Crippen molar-refractivity contribution in [1.29, 1.82) is 0 Å². The maximum absolute atomic E-state index is 12.2. The number of halogens is 1. The van der Waals surface area contributed by atoms with E-state index in [1.165, 1.54) is 0 Å². The van der Waals surface area contributed by atoms with Crippen molar-refractivity contribution >= 4 is 33.2 Å². The summed E-state index contributed by atoms with van der Waals surface area (Å²) in [4.78, 5) is 12.2. The number of rotatable bonds is 8. The van der Waals surface area contributed by atoms with Gasteiger partial charge in [0.25, 0.3) is 5.91 Å². The number of amides is 1. The smallest absolute Gasteiger partial charge is 0.262 e. The minimum atomic E-state index is -0.201. The highest BCUT2D eigenvalue weighted by atomic mass is 79.9. The number of hydrogen-bond acceptors (Lipinski definition) is 4. The van der Waals surface area contributed by atoms with Crippen molar-refractivity contribution in [2.24, 2.45) is 0 Å². The average Bonchev–Trinajstić information content (AvgIpc) is 2.70. The molecular formula is C22H22BrN3O2. The topological polar surface area (TPSA) is 62.4 Å². The predicted octanol–water partition coefficient (Wildman–Crippen LogP) is 4.89. The molecule has 0 radical (unpaired) electrons. The molecule has 0 spiro atoms. The minimum absolute atomic E-state index is 0.0609. The van der Waals surface area contributed by atoms with E-state index in [1.807, 2.05) is 79.7 Å². The molecule has 6 heteroatoms. The minimum Gasteiger partial charge on any atom is -0.483 e. The normalized spacial score (nSPS) is 10.4. The summed E-state index contributed by atoms with van der Waals surface area (Å²) < 4.78 is 6.70. The van der Waals surface area contributed by atoms with Crippen LogP contribution in [0.2, 0.25) is 0 Å². The van der Waals surface area contributed by atoms with Gasteiger partial charge in [0.05, 0.1) is 0 Å². The van der Waals surface area contributed by atoms with Gasteiger partial charge in [0.15, 0.2) is 6.61 Å². The van der Waals surface area contributed by atoms with Gasteiger partial charge in [-0.15, -0.1) is 0 Å². The fourth-order valence-electron chi connectivity index (χ4n) is 2.57. The van der Waals surface area contributed by atoms with E-state index in [1.54, 1.807) is 0 Å². The number of benzene rings is 3. The van der Waals surface area contributed by atoms with Crippen LogP contribution in [-0.4, -0.2) is 12.5 Å². The van der Waals surface area contributed by atoms with Gasteiger partial charge in [-0.2, -0.15) is 0 Å². The van der Waals surface area contributed by atoms with Crippen LogP contribution in [0.1, 0.15) is 11.1 Å². The van der Waals surface area contributed by atoms with Gasteiger partial charge in [0.2, 0.25) is 0 Å².